The molecule has 0 fully saturated rings. The van der Waals surface area contributed by atoms with Crippen molar-refractivity contribution in [3.8, 4) is 11.5 Å². The van der Waals surface area contributed by atoms with Crippen LogP contribution in [0.25, 0.3) is 5.65 Å². The van der Waals surface area contributed by atoms with E-state index in [4.69, 9.17) is 14.2 Å². The molecule has 2 heterocycles. The number of hydrogen-bond acceptors (Lipinski definition) is 6. The molecule has 0 saturated carbocycles. The van der Waals surface area contributed by atoms with Crippen molar-refractivity contribution in [3.63, 3.8) is 0 Å². The van der Waals surface area contributed by atoms with Crippen LogP contribution in [0.4, 0.5) is 0 Å². The lowest BCUT2D eigenvalue weighted by molar-refractivity contribution is -0.145. The Labute approximate surface area is 162 Å². The summed E-state index contributed by atoms with van der Waals surface area (Å²) in [5.41, 5.74) is 2.46. The van der Waals surface area contributed by atoms with Gasteiger partial charge in [-0.1, -0.05) is 6.07 Å². The van der Waals surface area contributed by atoms with E-state index >= 15 is 0 Å². The Kier molecular flexibility index (Phi) is 5.93. The highest BCUT2D eigenvalue weighted by atomic mass is 16.5. The molecule has 7 heteroatoms. The smallest absolute Gasteiger partial charge is 0.306 e. The van der Waals surface area contributed by atoms with Crippen molar-refractivity contribution in [2.24, 2.45) is 0 Å². The second-order valence-electron chi connectivity index (χ2n) is 6.33. The van der Waals surface area contributed by atoms with E-state index in [0.29, 0.717) is 29.3 Å². The van der Waals surface area contributed by atoms with Crippen molar-refractivity contribution < 1.29 is 19.0 Å². The third kappa shape index (κ3) is 4.49. The second-order valence-corrected chi connectivity index (χ2v) is 6.33. The first-order chi connectivity index (χ1) is 13.5. The second kappa shape index (κ2) is 8.56. The predicted molar refractivity (Wildman–Crippen MR) is 104 cm³/mol. The molecule has 0 amide bonds. The maximum absolute atomic E-state index is 12.3. The van der Waals surface area contributed by atoms with Gasteiger partial charge in [0.15, 0.2) is 0 Å². The molecule has 2 aromatic heterocycles. The quantitative estimate of drug-likeness (QED) is 0.585. The van der Waals surface area contributed by atoms with Crippen molar-refractivity contribution in [1.29, 1.82) is 0 Å². The number of hydrogen-bond donors (Lipinski definition) is 0. The van der Waals surface area contributed by atoms with Gasteiger partial charge in [-0.25, -0.2) is 4.98 Å². The first-order valence-corrected chi connectivity index (χ1v) is 8.86. The molecule has 3 rings (SSSR count). The number of ether oxygens (including phenoxy) is 3. The van der Waals surface area contributed by atoms with Crippen LogP contribution in [0.15, 0.2) is 47.3 Å². The van der Waals surface area contributed by atoms with Gasteiger partial charge in [-0.2, -0.15) is 0 Å². The topological polar surface area (TPSA) is 79.1 Å². The first kappa shape index (κ1) is 19.4. The fourth-order valence-corrected chi connectivity index (χ4v) is 2.92. The normalized spacial score (nSPS) is 10.7. The number of pyridine rings is 1. The molecular formula is C21H22N2O5. The summed E-state index contributed by atoms with van der Waals surface area (Å²) in [6.45, 7) is 1.79. The third-order valence-corrected chi connectivity index (χ3v) is 4.34. The average Bonchev–Trinajstić information content (AvgIpc) is 2.70. The highest BCUT2D eigenvalue weighted by molar-refractivity contribution is 5.69. The summed E-state index contributed by atoms with van der Waals surface area (Å²) < 4.78 is 17.3. The van der Waals surface area contributed by atoms with E-state index in [9.17, 15) is 9.59 Å². The van der Waals surface area contributed by atoms with E-state index in [1.807, 2.05) is 31.2 Å². The van der Waals surface area contributed by atoms with Gasteiger partial charge in [0, 0.05) is 24.2 Å². The van der Waals surface area contributed by atoms with Crippen LogP contribution in [0.3, 0.4) is 0 Å². The van der Waals surface area contributed by atoms with Gasteiger partial charge >= 0.3 is 5.97 Å². The number of carbonyl (C=O) groups excluding carboxylic acids is 1. The van der Waals surface area contributed by atoms with E-state index in [2.05, 4.69) is 4.98 Å². The minimum absolute atomic E-state index is 0.0417. The Hall–Kier alpha value is -3.35. The molecule has 146 valence electrons. The molecule has 3 aromatic rings. The zero-order valence-electron chi connectivity index (χ0n) is 16.1. The number of rotatable bonds is 7. The van der Waals surface area contributed by atoms with E-state index in [-0.39, 0.29) is 24.6 Å². The lowest BCUT2D eigenvalue weighted by Crippen LogP contribution is -2.18. The van der Waals surface area contributed by atoms with Crippen LogP contribution >= 0.6 is 0 Å². The van der Waals surface area contributed by atoms with Crippen LogP contribution in [0.1, 0.15) is 23.4 Å². The maximum Gasteiger partial charge on any atom is 0.306 e. The summed E-state index contributed by atoms with van der Waals surface area (Å²) in [6.07, 6.45) is 0.682. The SMILES string of the molecule is COc1cc(CCC(=O)OCc2cc(=O)n3c(C)cccc3n2)cc(OC)c1. The van der Waals surface area contributed by atoms with Crippen molar-refractivity contribution in [3.05, 3.63) is 69.8 Å². The molecule has 28 heavy (non-hydrogen) atoms. The van der Waals surface area contributed by atoms with Crippen LogP contribution < -0.4 is 15.0 Å². The van der Waals surface area contributed by atoms with Crippen LogP contribution in [0, 0.1) is 6.92 Å². The van der Waals surface area contributed by atoms with Crippen LogP contribution in [-0.4, -0.2) is 29.6 Å². The number of carbonyl (C=O) groups is 1. The molecule has 0 atom stereocenters. The first-order valence-electron chi connectivity index (χ1n) is 8.86. The predicted octanol–water partition coefficient (Wildman–Crippen LogP) is 2.70. The molecule has 0 saturated heterocycles. The summed E-state index contributed by atoms with van der Waals surface area (Å²) in [5.74, 6) is 0.964. The van der Waals surface area contributed by atoms with Crippen LogP contribution in [0.5, 0.6) is 11.5 Å². The monoisotopic (exact) mass is 382 g/mol. The Bertz CT molecular complexity index is 1040. The third-order valence-electron chi connectivity index (χ3n) is 4.34. The maximum atomic E-state index is 12.3. The number of fused-ring (bicyclic) bond motifs is 1. The number of aryl methyl sites for hydroxylation is 2. The largest absolute Gasteiger partial charge is 0.497 e. The fourth-order valence-electron chi connectivity index (χ4n) is 2.92. The minimum Gasteiger partial charge on any atom is -0.497 e. The van der Waals surface area contributed by atoms with E-state index in [1.165, 1.54) is 10.5 Å². The highest BCUT2D eigenvalue weighted by Crippen LogP contribution is 2.23. The summed E-state index contributed by atoms with van der Waals surface area (Å²) in [4.78, 5) is 28.7. The van der Waals surface area contributed by atoms with Gasteiger partial charge in [-0.05, 0) is 43.2 Å². The Morgan fingerprint density at radius 1 is 1.07 bits per heavy atom. The number of benzene rings is 1. The zero-order chi connectivity index (χ0) is 20.1. The number of methoxy groups -OCH3 is 2. The molecule has 0 radical (unpaired) electrons. The number of aromatic nitrogens is 2. The van der Waals surface area contributed by atoms with E-state index in [0.717, 1.165) is 11.3 Å². The molecule has 1 aromatic carbocycles. The number of nitrogens with zero attached hydrogens (tertiary/aromatic N) is 2. The molecule has 0 N–H and O–H groups in total. The van der Waals surface area contributed by atoms with Gasteiger partial charge < -0.3 is 14.2 Å². The van der Waals surface area contributed by atoms with Gasteiger partial charge in [0.1, 0.15) is 23.8 Å². The molecule has 7 nitrogen and oxygen atoms in total. The van der Waals surface area contributed by atoms with E-state index in [1.54, 1.807) is 26.4 Å². The van der Waals surface area contributed by atoms with Crippen LogP contribution in [-0.2, 0) is 22.6 Å². The van der Waals surface area contributed by atoms with Crippen molar-refractivity contribution in [2.75, 3.05) is 14.2 Å². The zero-order valence-corrected chi connectivity index (χ0v) is 16.1. The van der Waals surface area contributed by atoms with Gasteiger partial charge in [0.25, 0.3) is 5.56 Å². The number of esters is 1. The van der Waals surface area contributed by atoms with Crippen LogP contribution in [0.2, 0.25) is 0 Å². The highest BCUT2D eigenvalue weighted by Gasteiger charge is 2.09. The van der Waals surface area contributed by atoms with Gasteiger partial charge in [-0.15, -0.1) is 0 Å². The Morgan fingerprint density at radius 3 is 2.46 bits per heavy atom. The summed E-state index contributed by atoms with van der Waals surface area (Å²) >= 11 is 0. The summed E-state index contributed by atoms with van der Waals surface area (Å²) in [7, 11) is 3.15. The molecular weight excluding hydrogens is 360 g/mol. The molecule has 0 spiro atoms. The molecule has 0 unspecified atom stereocenters. The molecule has 0 aliphatic rings. The lowest BCUT2D eigenvalue weighted by atomic mass is 10.1. The van der Waals surface area contributed by atoms with E-state index < -0.39 is 0 Å². The summed E-state index contributed by atoms with van der Waals surface area (Å²) in [5, 5.41) is 0. The average molecular weight is 382 g/mol. The fraction of sp³-hybridized carbons (Fsp3) is 0.286. The van der Waals surface area contributed by atoms with Gasteiger partial charge in [0.05, 0.1) is 19.9 Å². The lowest BCUT2D eigenvalue weighted by Gasteiger charge is -2.09. The van der Waals surface area contributed by atoms with Crippen molar-refractivity contribution in [2.45, 2.75) is 26.4 Å². The Balaban J connectivity index is 1.62. The van der Waals surface area contributed by atoms with Crippen molar-refractivity contribution >= 4 is 11.6 Å². The van der Waals surface area contributed by atoms with Gasteiger partial charge in [-0.3, -0.25) is 14.0 Å². The van der Waals surface area contributed by atoms with Gasteiger partial charge in [0.2, 0.25) is 0 Å². The standard InChI is InChI=1S/C21H22N2O5/c1-14-5-4-6-19-22-16(11-20(24)23(14)19)13-28-21(25)8-7-15-9-17(26-2)12-18(10-15)27-3/h4-6,9-12H,7-8,13H2,1-3H3. The molecule has 0 bridgehead atoms. The van der Waals surface area contributed by atoms with Crippen molar-refractivity contribution in [1.82, 2.24) is 9.38 Å². The Morgan fingerprint density at radius 2 is 1.79 bits per heavy atom. The minimum atomic E-state index is -0.368. The summed E-state index contributed by atoms with van der Waals surface area (Å²) in [6, 6.07) is 12.3. The molecule has 0 aliphatic carbocycles. The molecule has 0 aliphatic heterocycles.